The predicted octanol–water partition coefficient (Wildman–Crippen LogP) is 9.14. The van der Waals surface area contributed by atoms with Crippen LogP contribution in [0.15, 0.2) is 35.5 Å². The first-order valence-corrected chi connectivity index (χ1v) is 13.9. The van der Waals surface area contributed by atoms with Crippen molar-refractivity contribution in [1.82, 2.24) is 0 Å². The van der Waals surface area contributed by atoms with E-state index in [-0.39, 0.29) is 0 Å². The molecule has 0 aliphatic heterocycles. The van der Waals surface area contributed by atoms with Crippen molar-refractivity contribution in [1.29, 1.82) is 0 Å². The maximum atomic E-state index is 2.77. The van der Waals surface area contributed by atoms with Crippen molar-refractivity contribution in [3.8, 4) is 0 Å². The average molecular weight is 421 g/mol. The second kappa shape index (κ2) is 8.22. The standard InChI is InChI=1S/C31H48/c1-21(2)8-6-9-22(3)27-14-15-28-26-13-12-25-20-24(23-10-7-11-23)16-18-30(25,4)29(26)17-19-31(27,28)5/h7,10-12,21-22,24,26-29H,6,8-9,13-20H2,1-5H3/t22-,24+,26?,27-,28?,29?,30+,31-/m1/s1. The third kappa shape index (κ3) is 3.63. The van der Waals surface area contributed by atoms with Gasteiger partial charge in [0.15, 0.2) is 0 Å². The average Bonchev–Trinajstić information content (AvgIpc) is 3.04. The van der Waals surface area contributed by atoms with Crippen LogP contribution in [0.1, 0.15) is 105 Å². The maximum Gasteiger partial charge on any atom is -0.00848 e. The summed E-state index contributed by atoms with van der Waals surface area (Å²) in [7, 11) is 0. The van der Waals surface area contributed by atoms with Crippen molar-refractivity contribution >= 4 is 0 Å². The molecule has 172 valence electrons. The van der Waals surface area contributed by atoms with Gasteiger partial charge in [-0.05, 0) is 109 Å². The second-order valence-corrected chi connectivity index (χ2v) is 13.3. The van der Waals surface area contributed by atoms with Crippen molar-refractivity contribution in [2.24, 2.45) is 52.3 Å². The van der Waals surface area contributed by atoms with E-state index in [4.69, 9.17) is 0 Å². The zero-order chi connectivity index (χ0) is 21.8. The molecule has 0 saturated heterocycles. The summed E-state index contributed by atoms with van der Waals surface area (Å²) in [5.74, 6) is 6.52. The zero-order valence-corrected chi connectivity index (χ0v) is 21.1. The molecule has 0 N–H and O–H groups in total. The van der Waals surface area contributed by atoms with E-state index in [1.807, 2.05) is 5.57 Å². The van der Waals surface area contributed by atoms with E-state index in [0.29, 0.717) is 10.8 Å². The Balaban J connectivity index is 1.30. The molecule has 0 aromatic rings. The first-order valence-electron chi connectivity index (χ1n) is 13.9. The van der Waals surface area contributed by atoms with E-state index in [1.165, 1.54) is 70.6 Å². The fraction of sp³-hybridized carbons (Fsp3) is 0.806. The predicted molar refractivity (Wildman–Crippen MR) is 134 cm³/mol. The highest BCUT2D eigenvalue weighted by Gasteiger charge is 2.59. The third-order valence-electron chi connectivity index (χ3n) is 11.4. The lowest BCUT2D eigenvalue weighted by molar-refractivity contribution is -0.0518. The molecule has 5 rings (SSSR count). The molecule has 5 aliphatic rings. The summed E-state index contributed by atoms with van der Waals surface area (Å²) >= 11 is 0. The van der Waals surface area contributed by atoms with Crippen LogP contribution >= 0.6 is 0 Å². The Bertz CT molecular complexity index is 765. The van der Waals surface area contributed by atoms with E-state index in [0.717, 1.165) is 41.4 Å². The second-order valence-electron chi connectivity index (χ2n) is 13.3. The molecule has 3 unspecified atom stereocenters. The van der Waals surface area contributed by atoms with Crippen LogP contribution in [0.5, 0.6) is 0 Å². The monoisotopic (exact) mass is 420 g/mol. The lowest BCUT2D eigenvalue weighted by atomic mass is 9.46. The number of allylic oxidation sites excluding steroid dienone is 6. The van der Waals surface area contributed by atoms with Crippen molar-refractivity contribution < 1.29 is 0 Å². The van der Waals surface area contributed by atoms with E-state index in [2.05, 4.69) is 58.9 Å². The minimum Gasteiger partial charge on any atom is -0.0845 e. The summed E-state index contributed by atoms with van der Waals surface area (Å²) in [5, 5.41) is 0. The zero-order valence-electron chi connectivity index (χ0n) is 21.1. The molecule has 3 saturated carbocycles. The molecule has 0 aromatic heterocycles. The van der Waals surface area contributed by atoms with Gasteiger partial charge in [0.25, 0.3) is 0 Å². The third-order valence-corrected chi connectivity index (χ3v) is 11.4. The van der Waals surface area contributed by atoms with Gasteiger partial charge in [0.2, 0.25) is 0 Å². The summed E-state index contributed by atoms with van der Waals surface area (Å²) in [5.41, 5.74) is 4.62. The number of rotatable bonds is 6. The Labute approximate surface area is 193 Å². The van der Waals surface area contributed by atoms with Gasteiger partial charge in [-0.3, -0.25) is 0 Å². The number of hydrogen-bond acceptors (Lipinski definition) is 0. The van der Waals surface area contributed by atoms with Gasteiger partial charge in [-0.15, -0.1) is 0 Å². The Morgan fingerprint density at radius 3 is 2.48 bits per heavy atom. The summed E-state index contributed by atoms with van der Waals surface area (Å²) in [6.07, 6.45) is 25.7. The van der Waals surface area contributed by atoms with Gasteiger partial charge in [-0.1, -0.05) is 83.8 Å². The molecular formula is C31H48. The molecule has 0 aromatic carbocycles. The van der Waals surface area contributed by atoms with E-state index in [1.54, 1.807) is 5.57 Å². The highest BCUT2D eigenvalue weighted by Crippen LogP contribution is 2.67. The summed E-state index contributed by atoms with van der Waals surface area (Å²) in [6.45, 7) is 12.8. The van der Waals surface area contributed by atoms with E-state index >= 15 is 0 Å². The van der Waals surface area contributed by atoms with Gasteiger partial charge in [-0.25, -0.2) is 0 Å². The van der Waals surface area contributed by atoms with Crippen molar-refractivity contribution in [2.75, 3.05) is 0 Å². The smallest absolute Gasteiger partial charge is 0.00848 e. The van der Waals surface area contributed by atoms with Crippen molar-refractivity contribution in [3.05, 3.63) is 35.5 Å². The first kappa shape index (κ1) is 22.0. The highest BCUT2D eigenvalue weighted by atomic mass is 14.6. The van der Waals surface area contributed by atoms with Crippen LogP contribution < -0.4 is 0 Å². The molecular weight excluding hydrogens is 372 g/mol. The lowest BCUT2D eigenvalue weighted by Crippen LogP contribution is -2.50. The van der Waals surface area contributed by atoms with Crippen LogP contribution in [0, 0.1) is 52.3 Å². The SMILES string of the molecule is CC(C)CCC[C@@H](C)[C@H]1CCC2C3CC=C4C[C@@H](C5=CC=C5)CC[C@]4(C)C3CC[C@@]21C. The van der Waals surface area contributed by atoms with Gasteiger partial charge in [0, 0.05) is 0 Å². The topological polar surface area (TPSA) is 0 Å². The van der Waals surface area contributed by atoms with E-state index < -0.39 is 0 Å². The van der Waals surface area contributed by atoms with Gasteiger partial charge in [0.1, 0.15) is 0 Å². The van der Waals surface area contributed by atoms with E-state index in [9.17, 15) is 0 Å². The van der Waals surface area contributed by atoms with Gasteiger partial charge >= 0.3 is 0 Å². The summed E-state index contributed by atoms with van der Waals surface area (Å²) < 4.78 is 0. The molecule has 0 heterocycles. The molecule has 3 fully saturated rings. The minimum atomic E-state index is 0.510. The fourth-order valence-electron chi connectivity index (χ4n) is 9.45. The van der Waals surface area contributed by atoms with Crippen LogP contribution in [-0.2, 0) is 0 Å². The van der Waals surface area contributed by atoms with Crippen LogP contribution in [0.25, 0.3) is 0 Å². The normalized spacial score (nSPS) is 44.6. The first-order chi connectivity index (χ1) is 14.8. The highest BCUT2D eigenvalue weighted by molar-refractivity contribution is 5.39. The van der Waals surface area contributed by atoms with Crippen LogP contribution in [0.4, 0.5) is 0 Å². The number of hydrogen-bond donors (Lipinski definition) is 0. The van der Waals surface area contributed by atoms with Gasteiger partial charge in [-0.2, -0.15) is 0 Å². The Morgan fingerprint density at radius 1 is 0.968 bits per heavy atom. The summed E-state index contributed by atoms with van der Waals surface area (Å²) in [4.78, 5) is 0. The Hall–Kier alpha value is -0.780. The lowest BCUT2D eigenvalue weighted by Gasteiger charge is -2.58. The van der Waals surface area contributed by atoms with Crippen molar-refractivity contribution in [3.63, 3.8) is 0 Å². The minimum absolute atomic E-state index is 0.510. The van der Waals surface area contributed by atoms with Crippen molar-refractivity contribution in [2.45, 2.75) is 105 Å². The largest absolute Gasteiger partial charge is 0.0845 e. The molecule has 0 amide bonds. The molecule has 0 spiro atoms. The van der Waals surface area contributed by atoms with Gasteiger partial charge < -0.3 is 0 Å². The molecule has 5 aliphatic carbocycles. The molecule has 31 heavy (non-hydrogen) atoms. The molecule has 0 radical (unpaired) electrons. The Kier molecular flexibility index (Phi) is 5.84. The molecule has 0 nitrogen and oxygen atoms in total. The van der Waals surface area contributed by atoms with Gasteiger partial charge in [0.05, 0.1) is 0 Å². The Morgan fingerprint density at radius 2 is 1.77 bits per heavy atom. The van der Waals surface area contributed by atoms with Crippen LogP contribution in [0.3, 0.4) is 0 Å². The number of fused-ring (bicyclic) bond motifs is 5. The van der Waals surface area contributed by atoms with Crippen LogP contribution in [0.2, 0.25) is 0 Å². The molecule has 0 bridgehead atoms. The summed E-state index contributed by atoms with van der Waals surface area (Å²) in [6, 6.07) is 0. The fourth-order valence-corrected chi connectivity index (χ4v) is 9.45. The van der Waals surface area contributed by atoms with Crippen LogP contribution in [-0.4, -0.2) is 0 Å². The quantitative estimate of drug-likeness (QED) is 0.376. The molecule has 0 heteroatoms. The maximum absolute atomic E-state index is 2.77. The molecule has 8 atom stereocenters.